The van der Waals surface area contributed by atoms with Gasteiger partial charge in [0.25, 0.3) is 0 Å². The summed E-state index contributed by atoms with van der Waals surface area (Å²) in [5.74, 6) is -0.394. The second kappa shape index (κ2) is 6.37. The molecule has 3 nitrogen and oxygen atoms in total. The van der Waals surface area contributed by atoms with E-state index in [1.165, 1.54) is 6.07 Å². The van der Waals surface area contributed by atoms with Crippen LogP contribution >= 0.6 is 11.6 Å². The van der Waals surface area contributed by atoms with Gasteiger partial charge in [-0.25, -0.2) is 4.39 Å². The molecule has 0 amide bonds. The number of benzene rings is 1. The van der Waals surface area contributed by atoms with Gasteiger partial charge in [0.2, 0.25) is 0 Å². The third-order valence-electron chi connectivity index (χ3n) is 3.08. The molecule has 5 heteroatoms. The zero-order valence-corrected chi connectivity index (χ0v) is 12.7. The van der Waals surface area contributed by atoms with Crippen molar-refractivity contribution in [2.24, 2.45) is 0 Å². The van der Waals surface area contributed by atoms with E-state index < -0.39 is 5.82 Å². The minimum absolute atomic E-state index is 0.146. The summed E-state index contributed by atoms with van der Waals surface area (Å²) >= 11 is 5.68. The van der Waals surface area contributed by atoms with Gasteiger partial charge >= 0.3 is 0 Å². The molecular weight excluding hydrogens is 277 g/mol. The second-order valence-electron chi connectivity index (χ2n) is 5.22. The molecule has 20 heavy (non-hydrogen) atoms. The topological polar surface area (TPSA) is 29.9 Å². The molecule has 0 atom stereocenters. The molecule has 108 valence electrons. The first kappa shape index (κ1) is 15.0. The monoisotopic (exact) mass is 295 g/mol. The Labute approximate surface area is 123 Å². The molecule has 0 radical (unpaired) electrons. The standard InChI is InChI=1S/C15H19ClFN3/c1-10(2)18-7-13-9-20(19-11(13)3)8-12-4-5-14(16)15(17)6-12/h4-6,9-10,18H,7-8H2,1-3H3. The van der Waals surface area contributed by atoms with Gasteiger partial charge < -0.3 is 5.32 Å². The summed E-state index contributed by atoms with van der Waals surface area (Å²) in [6.45, 7) is 7.53. The van der Waals surface area contributed by atoms with Crippen molar-refractivity contribution in [3.63, 3.8) is 0 Å². The zero-order chi connectivity index (χ0) is 14.7. The summed E-state index contributed by atoms with van der Waals surface area (Å²) in [6, 6.07) is 5.27. The SMILES string of the molecule is Cc1nn(Cc2ccc(Cl)c(F)c2)cc1CNC(C)C. The summed E-state index contributed by atoms with van der Waals surface area (Å²) in [6.07, 6.45) is 2.00. The molecule has 1 aromatic heterocycles. The lowest BCUT2D eigenvalue weighted by atomic mass is 10.2. The Bertz CT molecular complexity index is 593. The van der Waals surface area contributed by atoms with Gasteiger partial charge in [-0.15, -0.1) is 0 Å². The molecule has 1 aromatic carbocycles. The number of nitrogens with one attached hydrogen (secondary N) is 1. The first-order valence-electron chi connectivity index (χ1n) is 6.66. The van der Waals surface area contributed by atoms with Crippen LogP contribution in [0.5, 0.6) is 0 Å². The maximum Gasteiger partial charge on any atom is 0.142 e. The molecule has 1 heterocycles. The second-order valence-corrected chi connectivity index (χ2v) is 5.63. The number of hydrogen-bond acceptors (Lipinski definition) is 2. The molecular formula is C15H19ClFN3. The molecule has 0 aliphatic rings. The van der Waals surface area contributed by atoms with E-state index in [9.17, 15) is 4.39 Å². The van der Waals surface area contributed by atoms with E-state index in [0.29, 0.717) is 12.6 Å². The molecule has 0 aliphatic heterocycles. The third kappa shape index (κ3) is 3.81. The van der Waals surface area contributed by atoms with Crippen LogP contribution in [-0.4, -0.2) is 15.8 Å². The maximum atomic E-state index is 13.4. The van der Waals surface area contributed by atoms with E-state index in [0.717, 1.165) is 23.4 Å². The van der Waals surface area contributed by atoms with Gasteiger partial charge in [0, 0.05) is 24.3 Å². The van der Waals surface area contributed by atoms with Crippen molar-refractivity contribution in [1.29, 1.82) is 0 Å². The van der Waals surface area contributed by atoms with E-state index in [1.807, 2.05) is 23.9 Å². The first-order chi connectivity index (χ1) is 9.45. The van der Waals surface area contributed by atoms with E-state index >= 15 is 0 Å². The number of aryl methyl sites for hydroxylation is 1. The predicted molar refractivity (Wildman–Crippen MR) is 79.5 cm³/mol. The van der Waals surface area contributed by atoms with Crippen molar-refractivity contribution in [3.05, 3.63) is 52.1 Å². The van der Waals surface area contributed by atoms with Crippen LogP contribution in [0.3, 0.4) is 0 Å². The molecule has 1 N–H and O–H groups in total. The van der Waals surface area contributed by atoms with Crippen molar-refractivity contribution in [3.8, 4) is 0 Å². The summed E-state index contributed by atoms with van der Waals surface area (Å²) < 4.78 is 15.2. The van der Waals surface area contributed by atoms with Crippen LogP contribution < -0.4 is 5.32 Å². The van der Waals surface area contributed by atoms with Crippen molar-refractivity contribution >= 4 is 11.6 Å². The average Bonchev–Trinajstić information content (AvgIpc) is 2.72. The lowest BCUT2D eigenvalue weighted by Gasteiger charge is -2.06. The highest BCUT2D eigenvalue weighted by Crippen LogP contribution is 2.16. The Balaban J connectivity index is 2.09. The van der Waals surface area contributed by atoms with Gasteiger partial charge in [0.15, 0.2) is 0 Å². The lowest BCUT2D eigenvalue weighted by Crippen LogP contribution is -2.21. The van der Waals surface area contributed by atoms with Crippen LogP contribution in [0.15, 0.2) is 24.4 Å². The van der Waals surface area contributed by atoms with Gasteiger partial charge in [-0.05, 0) is 24.6 Å². The van der Waals surface area contributed by atoms with Crippen LogP contribution in [0.25, 0.3) is 0 Å². The molecule has 0 fully saturated rings. The Kier molecular flexibility index (Phi) is 4.78. The van der Waals surface area contributed by atoms with E-state index in [1.54, 1.807) is 6.07 Å². The smallest absolute Gasteiger partial charge is 0.142 e. The quantitative estimate of drug-likeness (QED) is 0.914. The normalized spacial score (nSPS) is 11.3. The van der Waals surface area contributed by atoms with Gasteiger partial charge in [-0.2, -0.15) is 5.10 Å². The van der Waals surface area contributed by atoms with Crippen molar-refractivity contribution in [1.82, 2.24) is 15.1 Å². The van der Waals surface area contributed by atoms with Crippen LogP contribution in [0.1, 0.15) is 30.7 Å². The number of rotatable bonds is 5. The van der Waals surface area contributed by atoms with E-state index in [2.05, 4.69) is 24.3 Å². The minimum Gasteiger partial charge on any atom is -0.310 e. The van der Waals surface area contributed by atoms with Crippen LogP contribution in [-0.2, 0) is 13.1 Å². The predicted octanol–water partition coefficient (Wildman–Crippen LogP) is 3.53. The fourth-order valence-electron chi connectivity index (χ4n) is 1.95. The Morgan fingerprint density at radius 3 is 2.80 bits per heavy atom. The molecule has 0 bridgehead atoms. The van der Waals surface area contributed by atoms with Gasteiger partial charge in [0.05, 0.1) is 17.3 Å². The molecule has 0 aliphatic carbocycles. The lowest BCUT2D eigenvalue weighted by molar-refractivity contribution is 0.587. The van der Waals surface area contributed by atoms with Crippen molar-refractivity contribution < 1.29 is 4.39 Å². The molecule has 0 spiro atoms. The molecule has 2 aromatic rings. The molecule has 0 saturated carbocycles. The van der Waals surface area contributed by atoms with Gasteiger partial charge in [-0.1, -0.05) is 31.5 Å². The van der Waals surface area contributed by atoms with Gasteiger partial charge in [-0.3, -0.25) is 4.68 Å². The van der Waals surface area contributed by atoms with Crippen LogP contribution in [0, 0.1) is 12.7 Å². The number of halogens is 2. The maximum absolute atomic E-state index is 13.4. The van der Waals surface area contributed by atoms with Crippen LogP contribution in [0.4, 0.5) is 4.39 Å². The molecule has 0 unspecified atom stereocenters. The Morgan fingerprint density at radius 2 is 2.15 bits per heavy atom. The fraction of sp³-hybridized carbons (Fsp3) is 0.400. The van der Waals surface area contributed by atoms with Crippen molar-refractivity contribution in [2.45, 2.75) is 39.9 Å². The highest BCUT2D eigenvalue weighted by molar-refractivity contribution is 6.30. The Morgan fingerprint density at radius 1 is 1.40 bits per heavy atom. The summed E-state index contributed by atoms with van der Waals surface area (Å²) in [5, 5.41) is 7.97. The zero-order valence-electron chi connectivity index (χ0n) is 12.0. The number of hydrogen-bond donors (Lipinski definition) is 1. The number of nitrogens with zero attached hydrogens (tertiary/aromatic N) is 2. The summed E-state index contributed by atoms with van der Waals surface area (Å²) in [5.41, 5.74) is 3.00. The van der Waals surface area contributed by atoms with Crippen molar-refractivity contribution in [2.75, 3.05) is 0 Å². The third-order valence-corrected chi connectivity index (χ3v) is 3.38. The molecule has 0 saturated heterocycles. The number of aromatic nitrogens is 2. The fourth-order valence-corrected chi connectivity index (χ4v) is 2.07. The van der Waals surface area contributed by atoms with Crippen LogP contribution in [0.2, 0.25) is 5.02 Å². The Hall–Kier alpha value is -1.39. The van der Waals surface area contributed by atoms with E-state index in [4.69, 9.17) is 11.6 Å². The largest absolute Gasteiger partial charge is 0.310 e. The summed E-state index contributed by atoms with van der Waals surface area (Å²) in [4.78, 5) is 0. The van der Waals surface area contributed by atoms with E-state index in [-0.39, 0.29) is 5.02 Å². The average molecular weight is 296 g/mol. The summed E-state index contributed by atoms with van der Waals surface area (Å²) in [7, 11) is 0. The highest BCUT2D eigenvalue weighted by atomic mass is 35.5. The minimum atomic E-state index is -0.394. The first-order valence-corrected chi connectivity index (χ1v) is 7.03. The van der Waals surface area contributed by atoms with Gasteiger partial charge in [0.1, 0.15) is 5.82 Å². The molecule has 2 rings (SSSR count). The highest BCUT2D eigenvalue weighted by Gasteiger charge is 2.07.